The molecule has 0 aliphatic carbocycles. The van der Waals surface area contributed by atoms with Crippen molar-refractivity contribution in [1.29, 1.82) is 0 Å². The topological polar surface area (TPSA) is 78.1 Å². The summed E-state index contributed by atoms with van der Waals surface area (Å²) in [6.45, 7) is 0. The number of carbonyl (C=O) groups excluding carboxylic acids is 1. The van der Waals surface area contributed by atoms with Gasteiger partial charge in [-0.25, -0.2) is 4.79 Å². The van der Waals surface area contributed by atoms with Crippen LogP contribution in [0.4, 0.5) is 5.69 Å². The fourth-order valence-corrected chi connectivity index (χ4v) is 1.99. The normalized spacial score (nSPS) is 10.1. The Morgan fingerprint density at radius 2 is 2.38 bits per heavy atom. The van der Waals surface area contributed by atoms with Crippen molar-refractivity contribution < 1.29 is 9.53 Å². The first-order chi connectivity index (χ1) is 7.74. The monoisotopic (exact) mass is 235 g/mol. The predicted molar refractivity (Wildman–Crippen MR) is 61.1 cm³/mol. The first-order valence-corrected chi connectivity index (χ1v) is 5.25. The minimum atomic E-state index is -0.467. The molecule has 2 N–H and O–H groups in total. The molecule has 2 aromatic heterocycles. The van der Waals surface area contributed by atoms with Crippen LogP contribution in [0.25, 0.3) is 11.3 Å². The Morgan fingerprint density at radius 3 is 3.00 bits per heavy atom. The summed E-state index contributed by atoms with van der Waals surface area (Å²) in [5, 5.41) is 0. The average molecular weight is 235 g/mol. The third kappa shape index (κ3) is 1.74. The van der Waals surface area contributed by atoms with Crippen molar-refractivity contribution in [3.63, 3.8) is 0 Å². The lowest BCUT2D eigenvalue weighted by atomic mass is 10.2. The van der Waals surface area contributed by atoms with Gasteiger partial charge in [0, 0.05) is 18.0 Å². The van der Waals surface area contributed by atoms with E-state index in [4.69, 9.17) is 5.73 Å². The lowest BCUT2D eigenvalue weighted by molar-refractivity contribution is 0.0607. The molecule has 0 fully saturated rings. The number of anilines is 1. The molecular formula is C10H9N3O2S. The maximum absolute atomic E-state index is 11.3. The van der Waals surface area contributed by atoms with E-state index in [2.05, 4.69) is 14.1 Å². The van der Waals surface area contributed by atoms with Crippen LogP contribution in [-0.4, -0.2) is 22.4 Å². The quantitative estimate of drug-likeness (QED) is 0.799. The molecule has 0 saturated carbocycles. The average Bonchev–Trinajstić information content (AvgIpc) is 2.71. The highest BCUT2D eigenvalue weighted by Gasteiger charge is 2.18. The van der Waals surface area contributed by atoms with Crippen LogP contribution in [0.3, 0.4) is 0 Å². The van der Waals surface area contributed by atoms with Crippen molar-refractivity contribution in [2.45, 2.75) is 0 Å². The fraction of sp³-hybridized carbons (Fsp3) is 0.100. The van der Waals surface area contributed by atoms with Gasteiger partial charge >= 0.3 is 5.97 Å². The highest BCUT2D eigenvalue weighted by Crippen LogP contribution is 2.30. The molecule has 0 unspecified atom stereocenters. The van der Waals surface area contributed by atoms with E-state index in [-0.39, 0.29) is 0 Å². The van der Waals surface area contributed by atoms with E-state index in [9.17, 15) is 4.79 Å². The Bertz CT molecular complexity index is 510. The number of carbonyl (C=O) groups is 1. The minimum Gasteiger partial charge on any atom is -0.465 e. The molecule has 0 atom stereocenters. The molecule has 2 aromatic rings. The zero-order valence-corrected chi connectivity index (χ0v) is 9.32. The SMILES string of the molecule is COC(=O)c1snc(-c2cccnc2)c1N. The number of nitrogen functional groups attached to an aromatic ring is 1. The molecule has 16 heavy (non-hydrogen) atoms. The molecule has 0 aliphatic heterocycles. The van der Waals surface area contributed by atoms with Gasteiger partial charge in [-0.3, -0.25) is 4.98 Å². The van der Waals surface area contributed by atoms with Gasteiger partial charge in [0.1, 0.15) is 5.69 Å². The molecule has 0 radical (unpaired) electrons. The second-order valence-corrected chi connectivity index (χ2v) is 3.78. The summed E-state index contributed by atoms with van der Waals surface area (Å²) in [7, 11) is 1.31. The van der Waals surface area contributed by atoms with Crippen LogP contribution in [0, 0.1) is 0 Å². The first kappa shape index (κ1) is 10.6. The lowest BCUT2D eigenvalue weighted by Gasteiger charge is -1.98. The van der Waals surface area contributed by atoms with Crippen molar-refractivity contribution in [1.82, 2.24) is 9.36 Å². The molecule has 2 heterocycles. The molecule has 0 aliphatic rings. The zero-order chi connectivity index (χ0) is 11.5. The van der Waals surface area contributed by atoms with Gasteiger partial charge in [0.15, 0.2) is 4.88 Å². The standard InChI is InChI=1S/C10H9N3O2S/c1-15-10(14)9-7(11)8(13-16-9)6-3-2-4-12-5-6/h2-5H,11H2,1H3. The smallest absolute Gasteiger partial charge is 0.351 e. The number of nitrogens with zero attached hydrogens (tertiary/aromatic N) is 2. The van der Waals surface area contributed by atoms with Crippen LogP contribution in [0.5, 0.6) is 0 Å². The number of hydrogen-bond acceptors (Lipinski definition) is 6. The van der Waals surface area contributed by atoms with Gasteiger partial charge < -0.3 is 10.5 Å². The molecule has 5 nitrogen and oxygen atoms in total. The van der Waals surface area contributed by atoms with E-state index in [1.54, 1.807) is 18.5 Å². The summed E-state index contributed by atoms with van der Waals surface area (Å²) in [4.78, 5) is 15.6. The molecule has 0 saturated heterocycles. The highest BCUT2D eigenvalue weighted by molar-refractivity contribution is 7.09. The molecule has 0 spiro atoms. The number of nitrogens with two attached hydrogens (primary N) is 1. The van der Waals surface area contributed by atoms with Crippen LogP contribution in [0.2, 0.25) is 0 Å². The Balaban J connectivity index is 2.45. The van der Waals surface area contributed by atoms with Crippen LogP contribution in [0.1, 0.15) is 9.67 Å². The Kier molecular flexibility index (Phi) is 2.82. The van der Waals surface area contributed by atoms with E-state index in [0.29, 0.717) is 16.3 Å². The number of rotatable bonds is 2. The third-order valence-electron chi connectivity index (χ3n) is 2.03. The van der Waals surface area contributed by atoms with Crippen molar-refractivity contribution >= 4 is 23.2 Å². The van der Waals surface area contributed by atoms with E-state index >= 15 is 0 Å². The largest absolute Gasteiger partial charge is 0.465 e. The molecule has 6 heteroatoms. The van der Waals surface area contributed by atoms with Crippen LogP contribution in [-0.2, 0) is 4.74 Å². The fourth-order valence-electron chi connectivity index (χ4n) is 1.25. The van der Waals surface area contributed by atoms with Gasteiger partial charge in [-0.15, -0.1) is 0 Å². The second-order valence-electron chi connectivity index (χ2n) is 3.01. The third-order valence-corrected chi connectivity index (χ3v) is 2.88. The molecule has 82 valence electrons. The summed E-state index contributed by atoms with van der Waals surface area (Å²) < 4.78 is 8.73. The van der Waals surface area contributed by atoms with Gasteiger partial charge in [0.25, 0.3) is 0 Å². The van der Waals surface area contributed by atoms with Gasteiger partial charge in [0.2, 0.25) is 0 Å². The van der Waals surface area contributed by atoms with Crippen LogP contribution in [0.15, 0.2) is 24.5 Å². The predicted octanol–water partition coefficient (Wildman–Crippen LogP) is 1.57. The van der Waals surface area contributed by atoms with Crippen molar-refractivity contribution in [3.05, 3.63) is 29.4 Å². The Labute approximate surface area is 96.1 Å². The van der Waals surface area contributed by atoms with E-state index in [1.165, 1.54) is 7.11 Å². The Morgan fingerprint density at radius 1 is 1.56 bits per heavy atom. The van der Waals surface area contributed by atoms with Crippen molar-refractivity contribution in [3.8, 4) is 11.3 Å². The van der Waals surface area contributed by atoms with E-state index in [0.717, 1.165) is 17.1 Å². The van der Waals surface area contributed by atoms with E-state index in [1.807, 2.05) is 6.07 Å². The Hall–Kier alpha value is -1.95. The number of esters is 1. The maximum atomic E-state index is 11.3. The van der Waals surface area contributed by atoms with Gasteiger partial charge in [0.05, 0.1) is 12.8 Å². The number of ether oxygens (including phenoxy) is 1. The number of pyridine rings is 1. The number of methoxy groups -OCH3 is 1. The van der Waals surface area contributed by atoms with Crippen molar-refractivity contribution in [2.24, 2.45) is 0 Å². The summed E-state index contributed by atoms with van der Waals surface area (Å²) in [6, 6.07) is 3.62. The first-order valence-electron chi connectivity index (χ1n) is 4.48. The van der Waals surface area contributed by atoms with E-state index < -0.39 is 5.97 Å². The van der Waals surface area contributed by atoms with Crippen LogP contribution >= 0.6 is 11.5 Å². The lowest BCUT2D eigenvalue weighted by Crippen LogP contribution is -2.02. The molecule has 0 amide bonds. The summed E-state index contributed by atoms with van der Waals surface area (Å²) in [5.74, 6) is -0.467. The van der Waals surface area contributed by atoms with Gasteiger partial charge in [-0.2, -0.15) is 4.37 Å². The van der Waals surface area contributed by atoms with Crippen LogP contribution < -0.4 is 5.73 Å². The minimum absolute atomic E-state index is 0.321. The van der Waals surface area contributed by atoms with Gasteiger partial charge in [-0.05, 0) is 23.7 Å². The molecule has 0 bridgehead atoms. The number of hydrogen-bond donors (Lipinski definition) is 1. The number of aromatic nitrogens is 2. The molecule has 0 aromatic carbocycles. The second kappa shape index (κ2) is 4.28. The molecular weight excluding hydrogens is 226 g/mol. The summed E-state index contributed by atoms with van der Waals surface area (Å²) in [5.41, 5.74) is 7.52. The highest BCUT2D eigenvalue weighted by atomic mass is 32.1. The van der Waals surface area contributed by atoms with Crippen molar-refractivity contribution in [2.75, 3.05) is 12.8 Å². The zero-order valence-electron chi connectivity index (χ0n) is 8.51. The van der Waals surface area contributed by atoms with Gasteiger partial charge in [-0.1, -0.05) is 0 Å². The summed E-state index contributed by atoms with van der Waals surface area (Å²) in [6.07, 6.45) is 3.31. The molecule has 2 rings (SSSR count). The maximum Gasteiger partial charge on any atom is 0.351 e. The summed E-state index contributed by atoms with van der Waals surface area (Å²) >= 11 is 1.03.